The lowest BCUT2D eigenvalue weighted by Crippen LogP contribution is -2.55. The van der Waals surface area contributed by atoms with Gasteiger partial charge in [-0.15, -0.1) is 0 Å². The van der Waals surface area contributed by atoms with Crippen LogP contribution in [-0.4, -0.2) is 69.4 Å². The van der Waals surface area contributed by atoms with Crippen LogP contribution in [0.25, 0.3) is 0 Å². The summed E-state index contributed by atoms with van der Waals surface area (Å²) in [7, 11) is -2.32. The number of amides is 2. The third-order valence-electron chi connectivity index (χ3n) is 4.47. The molecule has 1 aliphatic rings. The summed E-state index contributed by atoms with van der Waals surface area (Å²) in [6.45, 7) is 6.92. The molecule has 0 aliphatic carbocycles. The highest BCUT2D eigenvalue weighted by Crippen LogP contribution is 2.16. The SMILES string of the molecule is COc1ccc(S(=O)(=O)N[C@@H](C)C(=O)N2CCN(C(=O)C(C)C)CC2)cc1. The molecule has 1 aliphatic heterocycles. The minimum Gasteiger partial charge on any atom is -0.497 e. The maximum Gasteiger partial charge on any atom is 0.241 e. The van der Waals surface area contributed by atoms with Crippen LogP contribution in [0.15, 0.2) is 29.2 Å². The van der Waals surface area contributed by atoms with Gasteiger partial charge in [0.2, 0.25) is 21.8 Å². The van der Waals surface area contributed by atoms with Crippen molar-refractivity contribution in [3.8, 4) is 5.75 Å². The van der Waals surface area contributed by atoms with E-state index in [-0.39, 0.29) is 22.6 Å². The van der Waals surface area contributed by atoms with Crippen molar-refractivity contribution in [1.82, 2.24) is 14.5 Å². The second-order valence-electron chi connectivity index (χ2n) is 6.82. The molecule has 1 aromatic carbocycles. The highest BCUT2D eigenvalue weighted by Gasteiger charge is 2.30. The smallest absolute Gasteiger partial charge is 0.241 e. The molecule has 150 valence electrons. The first-order chi connectivity index (χ1) is 12.7. The van der Waals surface area contributed by atoms with Crippen molar-refractivity contribution in [2.75, 3.05) is 33.3 Å². The van der Waals surface area contributed by atoms with Gasteiger partial charge in [-0.3, -0.25) is 9.59 Å². The van der Waals surface area contributed by atoms with E-state index in [4.69, 9.17) is 4.74 Å². The van der Waals surface area contributed by atoms with Gasteiger partial charge < -0.3 is 14.5 Å². The van der Waals surface area contributed by atoms with Crippen LogP contribution in [-0.2, 0) is 19.6 Å². The summed E-state index contributed by atoms with van der Waals surface area (Å²) in [6, 6.07) is 5.05. The van der Waals surface area contributed by atoms with Gasteiger partial charge in [0, 0.05) is 32.1 Å². The largest absolute Gasteiger partial charge is 0.497 e. The van der Waals surface area contributed by atoms with Crippen molar-refractivity contribution in [2.45, 2.75) is 31.7 Å². The fraction of sp³-hybridized carbons (Fsp3) is 0.556. The quantitative estimate of drug-likeness (QED) is 0.762. The van der Waals surface area contributed by atoms with Crippen LogP contribution in [0.2, 0.25) is 0 Å². The molecule has 1 heterocycles. The summed E-state index contributed by atoms with van der Waals surface area (Å²) in [4.78, 5) is 28.0. The molecular formula is C18H27N3O5S. The van der Waals surface area contributed by atoms with E-state index >= 15 is 0 Å². The van der Waals surface area contributed by atoms with E-state index in [9.17, 15) is 18.0 Å². The Kier molecular flexibility index (Phi) is 6.83. The molecule has 1 atom stereocenters. The molecule has 0 bridgehead atoms. The second-order valence-corrected chi connectivity index (χ2v) is 8.54. The fourth-order valence-electron chi connectivity index (χ4n) is 2.89. The Morgan fingerprint density at radius 3 is 1.89 bits per heavy atom. The van der Waals surface area contributed by atoms with E-state index in [1.165, 1.54) is 26.2 Å². The van der Waals surface area contributed by atoms with Gasteiger partial charge >= 0.3 is 0 Å². The number of benzene rings is 1. The Hall–Kier alpha value is -2.13. The standard InChI is InChI=1S/C18H27N3O5S/c1-13(2)17(22)20-9-11-21(12-10-20)18(23)14(3)19-27(24,25)16-7-5-15(26-4)6-8-16/h5-8,13-14,19H,9-12H2,1-4H3/t14-/m0/s1. The van der Waals surface area contributed by atoms with Crippen LogP contribution in [0, 0.1) is 5.92 Å². The summed E-state index contributed by atoms with van der Waals surface area (Å²) >= 11 is 0. The maximum atomic E-state index is 12.6. The van der Waals surface area contributed by atoms with Crippen LogP contribution in [0.5, 0.6) is 5.75 Å². The lowest BCUT2D eigenvalue weighted by molar-refractivity contribution is -0.142. The zero-order valence-corrected chi connectivity index (χ0v) is 17.0. The van der Waals surface area contributed by atoms with Gasteiger partial charge in [-0.1, -0.05) is 13.8 Å². The first kappa shape index (κ1) is 21.2. The molecule has 0 saturated carbocycles. The number of methoxy groups -OCH3 is 1. The van der Waals surface area contributed by atoms with E-state index in [0.29, 0.717) is 31.9 Å². The van der Waals surface area contributed by atoms with Crippen molar-refractivity contribution in [1.29, 1.82) is 0 Å². The van der Waals surface area contributed by atoms with Crippen LogP contribution in [0.4, 0.5) is 0 Å². The molecule has 27 heavy (non-hydrogen) atoms. The highest BCUT2D eigenvalue weighted by atomic mass is 32.2. The third kappa shape index (κ3) is 5.20. The van der Waals surface area contributed by atoms with Crippen LogP contribution < -0.4 is 9.46 Å². The molecule has 1 aromatic rings. The number of sulfonamides is 1. The molecule has 9 heteroatoms. The van der Waals surface area contributed by atoms with Crippen molar-refractivity contribution in [3.05, 3.63) is 24.3 Å². The van der Waals surface area contributed by atoms with Crippen molar-refractivity contribution >= 4 is 21.8 Å². The lowest BCUT2D eigenvalue weighted by atomic mass is 10.1. The Bertz CT molecular complexity index is 769. The molecule has 8 nitrogen and oxygen atoms in total. The Morgan fingerprint density at radius 1 is 0.963 bits per heavy atom. The summed E-state index contributed by atoms with van der Waals surface area (Å²) < 4.78 is 32.4. The van der Waals surface area contributed by atoms with E-state index < -0.39 is 16.1 Å². The monoisotopic (exact) mass is 397 g/mol. The Balaban J connectivity index is 1.96. The third-order valence-corrected chi connectivity index (χ3v) is 6.03. The van der Waals surface area contributed by atoms with Gasteiger partial charge in [0.25, 0.3) is 0 Å². The molecule has 0 aromatic heterocycles. The summed E-state index contributed by atoms with van der Waals surface area (Å²) in [5, 5.41) is 0. The van der Waals surface area contributed by atoms with E-state index in [1.54, 1.807) is 21.9 Å². The topological polar surface area (TPSA) is 96.0 Å². The molecular weight excluding hydrogens is 370 g/mol. The average molecular weight is 397 g/mol. The first-order valence-electron chi connectivity index (χ1n) is 8.89. The van der Waals surface area contributed by atoms with Gasteiger partial charge in [0.05, 0.1) is 18.0 Å². The van der Waals surface area contributed by atoms with E-state index in [0.717, 1.165) is 0 Å². The van der Waals surface area contributed by atoms with Gasteiger partial charge in [-0.2, -0.15) is 4.72 Å². The maximum absolute atomic E-state index is 12.6. The van der Waals surface area contributed by atoms with E-state index in [1.807, 2.05) is 13.8 Å². The minimum absolute atomic E-state index is 0.0651. The molecule has 0 unspecified atom stereocenters. The lowest BCUT2D eigenvalue weighted by Gasteiger charge is -2.36. The van der Waals surface area contributed by atoms with Crippen LogP contribution >= 0.6 is 0 Å². The van der Waals surface area contributed by atoms with Gasteiger partial charge in [0.1, 0.15) is 5.75 Å². The van der Waals surface area contributed by atoms with Gasteiger partial charge in [-0.25, -0.2) is 8.42 Å². The Labute approximate surface area is 160 Å². The summed E-state index contributed by atoms with van der Waals surface area (Å²) in [5.74, 6) is 0.230. The minimum atomic E-state index is -3.82. The summed E-state index contributed by atoms with van der Waals surface area (Å²) in [6.07, 6.45) is 0. The Morgan fingerprint density at radius 2 is 1.44 bits per heavy atom. The van der Waals surface area contributed by atoms with Gasteiger partial charge in [-0.05, 0) is 31.2 Å². The zero-order valence-electron chi connectivity index (χ0n) is 16.1. The summed E-state index contributed by atoms with van der Waals surface area (Å²) in [5.41, 5.74) is 0. The number of hydrogen-bond donors (Lipinski definition) is 1. The first-order valence-corrected chi connectivity index (χ1v) is 10.4. The molecule has 2 rings (SSSR count). The number of nitrogens with one attached hydrogen (secondary N) is 1. The number of ether oxygens (including phenoxy) is 1. The molecule has 2 amide bonds. The predicted octanol–water partition coefficient (Wildman–Crippen LogP) is 0.689. The zero-order chi connectivity index (χ0) is 20.2. The molecule has 0 spiro atoms. The molecule has 1 saturated heterocycles. The number of carbonyl (C=O) groups excluding carboxylic acids is 2. The average Bonchev–Trinajstić information content (AvgIpc) is 2.66. The van der Waals surface area contributed by atoms with Crippen LogP contribution in [0.1, 0.15) is 20.8 Å². The van der Waals surface area contributed by atoms with Crippen molar-refractivity contribution in [2.24, 2.45) is 5.92 Å². The highest BCUT2D eigenvalue weighted by molar-refractivity contribution is 7.89. The fourth-order valence-corrected chi connectivity index (χ4v) is 4.09. The molecule has 0 radical (unpaired) electrons. The normalized spacial score (nSPS) is 16.3. The van der Waals surface area contributed by atoms with Crippen molar-refractivity contribution in [3.63, 3.8) is 0 Å². The second kappa shape index (κ2) is 8.71. The number of nitrogens with zero attached hydrogens (tertiary/aromatic N) is 2. The number of rotatable bonds is 6. The number of hydrogen-bond acceptors (Lipinski definition) is 5. The molecule has 1 N–H and O–H groups in total. The number of piperazine rings is 1. The number of carbonyl (C=O) groups is 2. The predicted molar refractivity (Wildman–Crippen MR) is 101 cm³/mol. The molecule has 1 fully saturated rings. The van der Waals surface area contributed by atoms with E-state index in [2.05, 4.69) is 4.72 Å². The van der Waals surface area contributed by atoms with Crippen molar-refractivity contribution < 1.29 is 22.7 Å². The van der Waals surface area contributed by atoms with Crippen LogP contribution in [0.3, 0.4) is 0 Å². The van der Waals surface area contributed by atoms with Gasteiger partial charge in [0.15, 0.2) is 0 Å².